The van der Waals surface area contributed by atoms with E-state index < -0.39 is 0 Å². The first-order valence-electron chi connectivity index (χ1n) is 7.90. The first-order chi connectivity index (χ1) is 11.4. The molecule has 1 heterocycles. The summed E-state index contributed by atoms with van der Waals surface area (Å²) in [4.78, 5) is 14.5. The molecule has 0 bridgehead atoms. The van der Waals surface area contributed by atoms with E-state index >= 15 is 0 Å². The van der Waals surface area contributed by atoms with Crippen molar-refractivity contribution in [3.8, 4) is 0 Å². The minimum atomic E-state index is -0.228. The van der Waals surface area contributed by atoms with Crippen molar-refractivity contribution in [2.45, 2.75) is 30.3 Å². The van der Waals surface area contributed by atoms with Crippen molar-refractivity contribution in [2.24, 2.45) is 7.05 Å². The van der Waals surface area contributed by atoms with Gasteiger partial charge in [-0.1, -0.05) is 41.6 Å². The molecular formula is C17H25N5OS. The van der Waals surface area contributed by atoms with E-state index in [4.69, 9.17) is 0 Å². The molecule has 6 nitrogen and oxygen atoms in total. The predicted molar refractivity (Wildman–Crippen MR) is 96.9 cm³/mol. The van der Waals surface area contributed by atoms with Gasteiger partial charge < -0.3 is 14.8 Å². The van der Waals surface area contributed by atoms with E-state index in [0.717, 1.165) is 5.16 Å². The molecular weight excluding hydrogens is 322 g/mol. The molecule has 1 amide bonds. The van der Waals surface area contributed by atoms with Gasteiger partial charge in [-0.15, -0.1) is 10.2 Å². The Morgan fingerprint density at radius 2 is 2.00 bits per heavy atom. The highest BCUT2D eigenvalue weighted by atomic mass is 32.2. The molecule has 24 heavy (non-hydrogen) atoms. The summed E-state index contributed by atoms with van der Waals surface area (Å²) in [7, 11) is 5.91. The highest BCUT2D eigenvalue weighted by Gasteiger charge is 2.20. The largest absolute Gasteiger partial charge is 0.353 e. The Hall–Kier alpha value is -1.86. The standard InChI is InChI=1S/C17H25N5OS/c1-12-6-8-14(9-7-12)15(21(3)4)10-18-16(23)13(2)24-17-20-19-11-22(17)5/h6-9,11,13,15H,10H2,1-5H3,(H,18,23)/t13-,15-/m1/s1. The molecule has 0 aliphatic rings. The highest BCUT2D eigenvalue weighted by molar-refractivity contribution is 8.00. The average molecular weight is 347 g/mol. The number of hydrogen-bond donors (Lipinski definition) is 1. The summed E-state index contributed by atoms with van der Waals surface area (Å²) in [6, 6.07) is 8.57. The third-order valence-corrected chi connectivity index (χ3v) is 5.02. The molecule has 1 aromatic carbocycles. The van der Waals surface area contributed by atoms with Crippen LogP contribution in [0.1, 0.15) is 24.1 Å². The third kappa shape index (κ3) is 4.82. The van der Waals surface area contributed by atoms with Gasteiger partial charge in [-0.25, -0.2) is 0 Å². The van der Waals surface area contributed by atoms with Gasteiger partial charge in [0.05, 0.1) is 11.3 Å². The molecule has 2 rings (SSSR count). The molecule has 0 spiro atoms. The molecule has 1 N–H and O–H groups in total. The lowest BCUT2D eigenvalue weighted by Gasteiger charge is -2.26. The SMILES string of the molecule is Cc1ccc([C@@H](CNC(=O)[C@@H](C)Sc2nncn2C)N(C)C)cc1. The van der Waals surface area contributed by atoms with Gasteiger partial charge in [0.2, 0.25) is 5.91 Å². The van der Waals surface area contributed by atoms with Crippen LogP contribution in [0.25, 0.3) is 0 Å². The van der Waals surface area contributed by atoms with Crippen molar-refractivity contribution >= 4 is 17.7 Å². The third-order valence-electron chi connectivity index (χ3n) is 3.88. The number of aryl methyl sites for hydroxylation is 2. The fourth-order valence-electron chi connectivity index (χ4n) is 2.32. The van der Waals surface area contributed by atoms with Crippen molar-refractivity contribution in [3.05, 3.63) is 41.7 Å². The fraction of sp³-hybridized carbons (Fsp3) is 0.471. The number of carbonyl (C=O) groups is 1. The predicted octanol–water partition coefficient (Wildman–Crippen LogP) is 2.02. The number of nitrogens with zero attached hydrogens (tertiary/aromatic N) is 4. The van der Waals surface area contributed by atoms with Crippen molar-refractivity contribution in [1.82, 2.24) is 25.0 Å². The van der Waals surface area contributed by atoms with Crippen LogP contribution in [0.15, 0.2) is 35.7 Å². The van der Waals surface area contributed by atoms with E-state index in [0.29, 0.717) is 6.54 Å². The highest BCUT2D eigenvalue weighted by Crippen LogP contribution is 2.21. The molecule has 130 valence electrons. The molecule has 2 aromatic rings. The zero-order valence-corrected chi connectivity index (χ0v) is 15.7. The second-order valence-corrected chi connectivity index (χ2v) is 7.43. The van der Waals surface area contributed by atoms with Crippen molar-refractivity contribution < 1.29 is 4.79 Å². The first kappa shape index (κ1) is 18.5. The summed E-state index contributed by atoms with van der Waals surface area (Å²) in [6.07, 6.45) is 1.63. The average Bonchev–Trinajstić information content (AvgIpc) is 2.93. The number of nitrogens with one attached hydrogen (secondary N) is 1. The Labute approximate surface area is 147 Å². The monoisotopic (exact) mass is 347 g/mol. The lowest BCUT2D eigenvalue weighted by molar-refractivity contribution is -0.120. The summed E-state index contributed by atoms with van der Waals surface area (Å²) >= 11 is 1.41. The Morgan fingerprint density at radius 3 is 2.54 bits per heavy atom. The van der Waals surface area contributed by atoms with Crippen LogP contribution in [0, 0.1) is 6.92 Å². The number of aromatic nitrogens is 3. The molecule has 0 saturated heterocycles. The molecule has 1 aromatic heterocycles. The normalized spacial score (nSPS) is 13.8. The van der Waals surface area contributed by atoms with Gasteiger partial charge in [-0.05, 0) is 33.5 Å². The zero-order chi connectivity index (χ0) is 17.7. The minimum Gasteiger partial charge on any atom is -0.353 e. The lowest BCUT2D eigenvalue weighted by Crippen LogP contribution is -2.38. The Morgan fingerprint density at radius 1 is 1.33 bits per heavy atom. The number of hydrogen-bond acceptors (Lipinski definition) is 5. The maximum Gasteiger partial charge on any atom is 0.233 e. The summed E-state index contributed by atoms with van der Waals surface area (Å²) < 4.78 is 1.81. The molecule has 7 heteroatoms. The van der Waals surface area contributed by atoms with E-state index in [1.807, 2.05) is 32.6 Å². The molecule has 2 atom stereocenters. The Balaban J connectivity index is 1.94. The molecule has 0 aliphatic heterocycles. The zero-order valence-electron chi connectivity index (χ0n) is 14.9. The number of amides is 1. The lowest BCUT2D eigenvalue weighted by atomic mass is 10.0. The number of rotatable bonds is 7. The number of likely N-dealkylation sites (N-methyl/N-ethyl adjacent to an activating group) is 1. The van der Waals surface area contributed by atoms with Gasteiger partial charge in [0, 0.05) is 13.6 Å². The Kier molecular flexibility index (Phi) is 6.39. The van der Waals surface area contributed by atoms with Crippen LogP contribution in [0.3, 0.4) is 0 Å². The second-order valence-electron chi connectivity index (χ2n) is 6.12. The minimum absolute atomic E-state index is 0.00182. The van der Waals surface area contributed by atoms with Crippen LogP contribution < -0.4 is 5.32 Å². The van der Waals surface area contributed by atoms with Gasteiger partial charge in [-0.3, -0.25) is 4.79 Å². The van der Waals surface area contributed by atoms with E-state index in [9.17, 15) is 4.79 Å². The fourth-order valence-corrected chi connectivity index (χ4v) is 3.13. The van der Waals surface area contributed by atoms with Crippen LogP contribution in [0.2, 0.25) is 0 Å². The quantitative estimate of drug-likeness (QED) is 0.777. The second kappa shape index (κ2) is 8.30. The maximum atomic E-state index is 12.4. The van der Waals surface area contributed by atoms with Gasteiger partial charge in [0.15, 0.2) is 5.16 Å². The molecule has 0 radical (unpaired) electrons. The summed E-state index contributed by atoms with van der Waals surface area (Å²) in [5, 5.41) is 11.4. The van der Waals surface area contributed by atoms with E-state index in [1.165, 1.54) is 22.9 Å². The van der Waals surface area contributed by atoms with Crippen LogP contribution in [0.5, 0.6) is 0 Å². The van der Waals surface area contributed by atoms with E-state index in [-0.39, 0.29) is 17.2 Å². The smallest absolute Gasteiger partial charge is 0.233 e. The van der Waals surface area contributed by atoms with Crippen LogP contribution in [-0.2, 0) is 11.8 Å². The molecule has 0 fully saturated rings. The number of benzene rings is 1. The first-order valence-corrected chi connectivity index (χ1v) is 8.77. The van der Waals surface area contributed by atoms with Gasteiger partial charge >= 0.3 is 0 Å². The van der Waals surface area contributed by atoms with Gasteiger partial charge in [0.1, 0.15) is 6.33 Å². The van der Waals surface area contributed by atoms with Crippen molar-refractivity contribution in [3.63, 3.8) is 0 Å². The van der Waals surface area contributed by atoms with E-state index in [2.05, 4.69) is 51.6 Å². The van der Waals surface area contributed by atoms with Crippen LogP contribution >= 0.6 is 11.8 Å². The molecule has 0 unspecified atom stereocenters. The summed E-state index contributed by atoms with van der Waals surface area (Å²) in [6.45, 7) is 4.52. The van der Waals surface area contributed by atoms with Gasteiger partial charge in [0.25, 0.3) is 0 Å². The molecule has 0 saturated carbocycles. The van der Waals surface area contributed by atoms with Crippen LogP contribution in [-0.4, -0.2) is 51.5 Å². The van der Waals surface area contributed by atoms with E-state index in [1.54, 1.807) is 6.33 Å². The number of thioether (sulfide) groups is 1. The number of carbonyl (C=O) groups excluding carboxylic acids is 1. The summed E-state index contributed by atoms with van der Waals surface area (Å²) in [5.41, 5.74) is 2.42. The van der Waals surface area contributed by atoms with Crippen molar-refractivity contribution in [2.75, 3.05) is 20.6 Å². The maximum absolute atomic E-state index is 12.4. The van der Waals surface area contributed by atoms with Crippen molar-refractivity contribution in [1.29, 1.82) is 0 Å². The van der Waals surface area contributed by atoms with Gasteiger partial charge in [-0.2, -0.15) is 0 Å². The summed E-state index contributed by atoms with van der Waals surface area (Å²) in [5.74, 6) is 0.00182. The molecule has 0 aliphatic carbocycles. The Bertz CT molecular complexity index is 668. The van der Waals surface area contributed by atoms with Crippen LogP contribution in [0.4, 0.5) is 0 Å². The topological polar surface area (TPSA) is 63.1 Å².